The highest BCUT2D eigenvalue weighted by Gasteiger charge is 2.19. The fraction of sp³-hybridized carbons (Fsp3) is 0.778. The molecular weight excluding hydrogens is 172 g/mol. The van der Waals surface area contributed by atoms with Crippen LogP contribution in [0.5, 0.6) is 0 Å². The summed E-state index contributed by atoms with van der Waals surface area (Å²) in [5.41, 5.74) is 0. The molecule has 1 aliphatic heterocycles. The summed E-state index contributed by atoms with van der Waals surface area (Å²) in [7, 11) is 0. The molecule has 1 N–H and O–H groups in total. The van der Waals surface area contributed by atoms with Crippen molar-refractivity contribution in [2.45, 2.75) is 19.4 Å². The van der Waals surface area contributed by atoms with Crippen LogP contribution in [0, 0.1) is 0 Å². The van der Waals surface area contributed by atoms with Crippen LogP contribution in [0.4, 0.5) is 0 Å². The van der Waals surface area contributed by atoms with Crippen LogP contribution in [0.3, 0.4) is 0 Å². The lowest BCUT2D eigenvalue weighted by molar-refractivity contribution is 0.173. The molecule has 1 unspecified atom stereocenters. The summed E-state index contributed by atoms with van der Waals surface area (Å²) >= 11 is 5.78. The predicted molar refractivity (Wildman–Crippen MR) is 53.5 cm³/mol. The van der Waals surface area contributed by atoms with E-state index in [-0.39, 0.29) is 0 Å². The number of rotatable bonds is 3. The molecular formula is C9H17ClN2. The van der Waals surface area contributed by atoms with Crippen LogP contribution < -0.4 is 5.32 Å². The van der Waals surface area contributed by atoms with Gasteiger partial charge in [0.25, 0.3) is 0 Å². The van der Waals surface area contributed by atoms with Gasteiger partial charge in [0, 0.05) is 37.3 Å². The van der Waals surface area contributed by atoms with Gasteiger partial charge < -0.3 is 5.32 Å². The molecule has 70 valence electrons. The molecule has 0 bridgehead atoms. The molecule has 2 nitrogen and oxygen atoms in total. The quantitative estimate of drug-likeness (QED) is 0.721. The number of piperazine rings is 1. The predicted octanol–water partition coefficient (Wildman–Crippen LogP) is 1.42. The second kappa shape index (κ2) is 4.85. The van der Waals surface area contributed by atoms with Crippen molar-refractivity contribution in [3.63, 3.8) is 0 Å². The SMILES string of the molecule is C=C(Cl)CN1CCNCC1CC. The Kier molecular flexibility index (Phi) is 4.06. The highest BCUT2D eigenvalue weighted by molar-refractivity contribution is 6.29. The fourth-order valence-electron chi connectivity index (χ4n) is 1.63. The topological polar surface area (TPSA) is 15.3 Å². The minimum atomic E-state index is 0.634. The van der Waals surface area contributed by atoms with Gasteiger partial charge in [0.2, 0.25) is 0 Å². The molecule has 1 saturated heterocycles. The van der Waals surface area contributed by atoms with Crippen LogP contribution in [0.2, 0.25) is 0 Å². The molecule has 1 atom stereocenters. The summed E-state index contributed by atoms with van der Waals surface area (Å²) in [6.45, 7) is 10.0. The summed E-state index contributed by atoms with van der Waals surface area (Å²) in [6.07, 6.45) is 1.18. The first-order valence-corrected chi connectivity index (χ1v) is 4.90. The van der Waals surface area contributed by atoms with E-state index >= 15 is 0 Å². The zero-order valence-electron chi connectivity index (χ0n) is 7.65. The summed E-state index contributed by atoms with van der Waals surface area (Å²) < 4.78 is 0. The van der Waals surface area contributed by atoms with Crippen LogP contribution in [-0.4, -0.2) is 37.1 Å². The van der Waals surface area contributed by atoms with Crippen LogP contribution in [0.1, 0.15) is 13.3 Å². The Balaban J connectivity index is 2.41. The molecule has 0 saturated carbocycles. The standard InChI is InChI=1S/C9H17ClN2/c1-3-9-6-11-4-5-12(9)7-8(2)10/h9,11H,2-7H2,1H3. The second-order valence-electron chi connectivity index (χ2n) is 3.25. The van der Waals surface area contributed by atoms with E-state index in [2.05, 4.69) is 23.7 Å². The van der Waals surface area contributed by atoms with Crippen molar-refractivity contribution < 1.29 is 0 Å². The van der Waals surface area contributed by atoms with E-state index in [9.17, 15) is 0 Å². The molecule has 0 aromatic heterocycles. The molecule has 0 radical (unpaired) electrons. The summed E-state index contributed by atoms with van der Waals surface area (Å²) in [4.78, 5) is 2.39. The van der Waals surface area contributed by atoms with E-state index in [1.807, 2.05) is 0 Å². The lowest BCUT2D eigenvalue weighted by Gasteiger charge is -2.35. The van der Waals surface area contributed by atoms with Gasteiger partial charge >= 0.3 is 0 Å². The Morgan fingerprint density at radius 1 is 1.75 bits per heavy atom. The molecule has 0 aromatic carbocycles. The third-order valence-corrected chi connectivity index (χ3v) is 2.44. The molecule has 0 amide bonds. The average Bonchev–Trinajstić information content (AvgIpc) is 2.04. The second-order valence-corrected chi connectivity index (χ2v) is 3.79. The first-order chi connectivity index (χ1) is 5.74. The minimum Gasteiger partial charge on any atom is -0.314 e. The Labute approximate surface area is 79.6 Å². The van der Waals surface area contributed by atoms with Gasteiger partial charge in [-0.25, -0.2) is 0 Å². The third-order valence-electron chi connectivity index (χ3n) is 2.32. The zero-order valence-corrected chi connectivity index (χ0v) is 8.40. The van der Waals surface area contributed by atoms with Gasteiger partial charge in [-0.2, -0.15) is 0 Å². The van der Waals surface area contributed by atoms with E-state index < -0.39 is 0 Å². The van der Waals surface area contributed by atoms with E-state index in [0.29, 0.717) is 6.04 Å². The van der Waals surface area contributed by atoms with E-state index in [0.717, 1.165) is 31.2 Å². The molecule has 12 heavy (non-hydrogen) atoms. The molecule has 1 heterocycles. The molecule has 0 aliphatic carbocycles. The smallest absolute Gasteiger partial charge is 0.0339 e. The highest BCUT2D eigenvalue weighted by Crippen LogP contribution is 2.10. The van der Waals surface area contributed by atoms with Crippen molar-refractivity contribution in [3.05, 3.63) is 11.6 Å². The molecule has 1 rings (SSSR count). The Morgan fingerprint density at radius 3 is 3.08 bits per heavy atom. The van der Waals surface area contributed by atoms with Gasteiger partial charge in [-0.15, -0.1) is 0 Å². The lowest BCUT2D eigenvalue weighted by Crippen LogP contribution is -2.51. The first-order valence-electron chi connectivity index (χ1n) is 4.52. The van der Waals surface area contributed by atoms with Gasteiger partial charge in [-0.1, -0.05) is 25.1 Å². The molecule has 0 spiro atoms. The number of halogens is 1. The summed E-state index contributed by atoms with van der Waals surface area (Å²) in [5.74, 6) is 0. The Bertz CT molecular complexity index is 159. The van der Waals surface area contributed by atoms with Gasteiger partial charge in [-0.05, 0) is 6.42 Å². The maximum absolute atomic E-state index is 5.78. The van der Waals surface area contributed by atoms with Crippen LogP contribution in [-0.2, 0) is 0 Å². The Morgan fingerprint density at radius 2 is 2.50 bits per heavy atom. The summed E-state index contributed by atoms with van der Waals surface area (Å²) in [5, 5.41) is 4.12. The molecule has 1 aliphatic rings. The maximum Gasteiger partial charge on any atom is 0.0339 e. The largest absolute Gasteiger partial charge is 0.314 e. The number of nitrogens with zero attached hydrogens (tertiary/aromatic N) is 1. The normalized spacial score (nSPS) is 25.7. The van der Waals surface area contributed by atoms with E-state index in [4.69, 9.17) is 11.6 Å². The van der Waals surface area contributed by atoms with Gasteiger partial charge in [-0.3, -0.25) is 4.90 Å². The van der Waals surface area contributed by atoms with E-state index in [1.54, 1.807) is 0 Å². The lowest BCUT2D eigenvalue weighted by atomic mass is 10.1. The van der Waals surface area contributed by atoms with Gasteiger partial charge in [0.05, 0.1) is 0 Å². The highest BCUT2D eigenvalue weighted by atomic mass is 35.5. The maximum atomic E-state index is 5.78. The van der Waals surface area contributed by atoms with Crippen molar-refractivity contribution in [3.8, 4) is 0 Å². The van der Waals surface area contributed by atoms with Crippen LogP contribution in [0.15, 0.2) is 11.6 Å². The zero-order chi connectivity index (χ0) is 8.97. The first kappa shape index (κ1) is 10.0. The van der Waals surface area contributed by atoms with Crippen molar-refractivity contribution in [2.24, 2.45) is 0 Å². The minimum absolute atomic E-state index is 0.634. The van der Waals surface area contributed by atoms with Crippen LogP contribution >= 0.6 is 11.6 Å². The van der Waals surface area contributed by atoms with Crippen molar-refractivity contribution in [1.29, 1.82) is 0 Å². The average molecular weight is 189 g/mol. The van der Waals surface area contributed by atoms with Crippen molar-refractivity contribution >= 4 is 11.6 Å². The van der Waals surface area contributed by atoms with Crippen LogP contribution in [0.25, 0.3) is 0 Å². The van der Waals surface area contributed by atoms with Crippen molar-refractivity contribution in [1.82, 2.24) is 10.2 Å². The Hall–Kier alpha value is -0.0500. The monoisotopic (exact) mass is 188 g/mol. The van der Waals surface area contributed by atoms with Crippen molar-refractivity contribution in [2.75, 3.05) is 26.2 Å². The fourth-order valence-corrected chi connectivity index (χ4v) is 1.79. The number of hydrogen-bond acceptors (Lipinski definition) is 2. The molecule has 1 fully saturated rings. The van der Waals surface area contributed by atoms with Gasteiger partial charge in [0.15, 0.2) is 0 Å². The van der Waals surface area contributed by atoms with E-state index in [1.165, 1.54) is 6.42 Å². The summed E-state index contributed by atoms with van der Waals surface area (Å²) in [6, 6.07) is 0.634. The molecule has 3 heteroatoms. The number of nitrogens with one attached hydrogen (secondary N) is 1. The van der Waals surface area contributed by atoms with Gasteiger partial charge in [0.1, 0.15) is 0 Å². The number of hydrogen-bond donors (Lipinski definition) is 1. The molecule has 0 aromatic rings. The third kappa shape index (κ3) is 2.77.